The van der Waals surface area contributed by atoms with E-state index in [0.29, 0.717) is 0 Å². The van der Waals surface area contributed by atoms with E-state index in [1.807, 2.05) is 24.3 Å². The highest BCUT2D eigenvalue weighted by atomic mass is 16.5. The van der Waals surface area contributed by atoms with E-state index >= 15 is 0 Å². The zero-order valence-corrected chi connectivity index (χ0v) is 8.74. The highest BCUT2D eigenvalue weighted by molar-refractivity contribution is 5.72. The van der Waals surface area contributed by atoms with E-state index in [1.165, 1.54) is 7.11 Å². The Kier molecular flexibility index (Phi) is 4.24. The van der Waals surface area contributed by atoms with Crippen LogP contribution < -0.4 is 4.74 Å². The Morgan fingerprint density at radius 2 is 2.20 bits per heavy atom. The van der Waals surface area contributed by atoms with Gasteiger partial charge in [-0.25, -0.2) is 0 Å². The Hall–Kier alpha value is -1.95. The number of rotatable bonds is 2. The molecule has 1 rings (SSSR count). The maximum absolute atomic E-state index is 10.8. The van der Waals surface area contributed by atoms with Gasteiger partial charge in [0.25, 0.3) is 0 Å². The summed E-state index contributed by atoms with van der Waals surface area (Å²) in [5, 5.41) is 0. The average molecular weight is 204 g/mol. The lowest BCUT2D eigenvalue weighted by atomic mass is 10.2. The Labute approximate surface area is 89.0 Å². The van der Waals surface area contributed by atoms with Gasteiger partial charge in [-0.2, -0.15) is 0 Å². The van der Waals surface area contributed by atoms with Crippen LogP contribution in [0.2, 0.25) is 0 Å². The third kappa shape index (κ3) is 3.74. The van der Waals surface area contributed by atoms with Gasteiger partial charge in [-0.15, -0.1) is 0 Å². The predicted molar refractivity (Wildman–Crippen MR) is 56.5 cm³/mol. The highest BCUT2D eigenvalue weighted by Crippen LogP contribution is 2.11. The number of ether oxygens (including phenoxy) is 2. The number of carbonyl (C=O) groups is 1. The van der Waals surface area contributed by atoms with Crippen molar-refractivity contribution in [1.29, 1.82) is 0 Å². The van der Waals surface area contributed by atoms with Crippen LogP contribution >= 0.6 is 0 Å². The Morgan fingerprint density at radius 3 is 2.87 bits per heavy atom. The number of esters is 1. The quantitative estimate of drug-likeness (QED) is 0.542. The fourth-order valence-corrected chi connectivity index (χ4v) is 0.991. The predicted octanol–water partition coefficient (Wildman–Crippen LogP) is 1.61. The van der Waals surface area contributed by atoms with Crippen molar-refractivity contribution in [1.82, 2.24) is 0 Å². The second-order valence-electron chi connectivity index (χ2n) is 2.79. The summed E-state index contributed by atoms with van der Waals surface area (Å²) >= 11 is 0. The molecule has 3 heteroatoms. The van der Waals surface area contributed by atoms with E-state index in [-0.39, 0.29) is 12.4 Å². The summed E-state index contributed by atoms with van der Waals surface area (Å²) in [5.74, 6) is 6.00. The summed E-state index contributed by atoms with van der Waals surface area (Å²) in [7, 11) is 2.94. The molecule has 0 unspecified atom stereocenters. The monoisotopic (exact) mass is 204 g/mol. The largest absolute Gasteiger partial charge is 0.497 e. The SMILES string of the molecule is COC(=O)CC#Cc1cccc(OC)c1. The molecule has 0 aliphatic carbocycles. The molecule has 0 aromatic heterocycles. The summed E-state index contributed by atoms with van der Waals surface area (Å²) in [6.45, 7) is 0. The summed E-state index contributed by atoms with van der Waals surface area (Å²) in [5.41, 5.74) is 0.818. The second-order valence-corrected chi connectivity index (χ2v) is 2.79. The van der Waals surface area contributed by atoms with E-state index in [0.717, 1.165) is 11.3 Å². The Balaban J connectivity index is 2.67. The van der Waals surface area contributed by atoms with E-state index in [4.69, 9.17) is 4.74 Å². The van der Waals surface area contributed by atoms with Crippen molar-refractivity contribution in [2.45, 2.75) is 6.42 Å². The minimum atomic E-state index is -0.328. The molecule has 1 aromatic carbocycles. The molecule has 0 atom stereocenters. The number of benzene rings is 1. The third-order valence-electron chi connectivity index (χ3n) is 1.76. The van der Waals surface area contributed by atoms with Crippen molar-refractivity contribution >= 4 is 5.97 Å². The van der Waals surface area contributed by atoms with Crippen molar-refractivity contribution in [3.63, 3.8) is 0 Å². The van der Waals surface area contributed by atoms with Crippen molar-refractivity contribution in [2.24, 2.45) is 0 Å². The maximum atomic E-state index is 10.8. The van der Waals surface area contributed by atoms with Gasteiger partial charge in [0.2, 0.25) is 0 Å². The van der Waals surface area contributed by atoms with Gasteiger partial charge in [0.1, 0.15) is 12.2 Å². The molecule has 0 heterocycles. The number of methoxy groups -OCH3 is 2. The van der Waals surface area contributed by atoms with Crippen LogP contribution in [0.1, 0.15) is 12.0 Å². The molecular formula is C12H12O3. The fraction of sp³-hybridized carbons (Fsp3) is 0.250. The fourth-order valence-electron chi connectivity index (χ4n) is 0.991. The minimum absolute atomic E-state index is 0.105. The molecule has 0 aliphatic heterocycles. The lowest BCUT2D eigenvalue weighted by molar-refractivity contribution is -0.139. The number of hydrogen-bond acceptors (Lipinski definition) is 3. The molecular weight excluding hydrogens is 192 g/mol. The molecule has 0 amide bonds. The molecule has 0 saturated carbocycles. The summed E-state index contributed by atoms with van der Waals surface area (Å²) < 4.78 is 9.51. The number of hydrogen-bond donors (Lipinski definition) is 0. The van der Waals surface area contributed by atoms with Gasteiger partial charge in [-0.05, 0) is 18.2 Å². The van der Waals surface area contributed by atoms with Gasteiger partial charge in [-0.3, -0.25) is 4.79 Å². The van der Waals surface area contributed by atoms with Gasteiger partial charge >= 0.3 is 5.97 Å². The average Bonchev–Trinajstić information content (AvgIpc) is 2.29. The smallest absolute Gasteiger partial charge is 0.317 e. The molecule has 15 heavy (non-hydrogen) atoms. The second kappa shape index (κ2) is 5.71. The van der Waals surface area contributed by atoms with Crippen LogP contribution in [-0.4, -0.2) is 20.2 Å². The van der Waals surface area contributed by atoms with E-state index in [1.54, 1.807) is 7.11 Å². The van der Waals surface area contributed by atoms with E-state index in [9.17, 15) is 4.79 Å². The zero-order valence-electron chi connectivity index (χ0n) is 8.74. The van der Waals surface area contributed by atoms with Crippen LogP contribution in [0.4, 0.5) is 0 Å². The Bertz CT molecular complexity index is 399. The van der Waals surface area contributed by atoms with Gasteiger partial charge in [0, 0.05) is 5.56 Å². The van der Waals surface area contributed by atoms with Crippen molar-refractivity contribution < 1.29 is 14.3 Å². The molecule has 0 N–H and O–H groups in total. The van der Waals surface area contributed by atoms with Gasteiger partial charge in [-0.1, -0.05) is 17.9 Å². The van der Waals surface area contributed by atoms with Crippen molar-refractivity contribution in [3.8, 4) is 17.6 Å². The summed E-state index contributed by atoms with van der Waals surface area (Å²) in [4.78, 5) is 10.8. The molecule has 0 saturated heterocycles. The molecule has 78 valence electrons. The first kappa shape index (κ1) is 11.1. The molecule has 0 aliphatic rings. The highest BCUT2D eigenvalue weighted by Gasteiger charge is 1.94. The molecule has 0 bridgehead atoms. The van der Waals surface area contributed by atoms with Crippen LogP contribution in [0.5, 0.6) is 5.75 Å². The summed E-state index contributed by atoms with van der Waals surface area (Å²) in [6.07, 6.45) is 0.105. The molecule has 0 radical (unpaired) electrons. The summed E-state index contributed by atoms with van der Waals surface area (Å²) in [6, 6.07) is 7.35. The molecule has 3 nitrogen and oxygen atoms in total. The van der Waals surface area contributed by atoms with Crippen LogP contribution in [0.3, 0.4) is 0 Å². The van der Waals surface area contributed by atoms with Gasteiger partial charge in [0.15, 0.2) is 0 Å². The first-order chi connectivity index (χ1) is 7.26. The van der Waals surface area contributed by atoms with E-state index in [2.05, 4.69) is 16.6 Å². The lowest BCUT2D eigenvalue weighted by Gasteiger charge is -1.98. The molecule has 0 fully saturated rings. The maximum Gasteiger partial charge on any atom is 0.317 e. The first-order valence-electron chi connectivity index (χ1n) is 4.46. The van der Waals surface area contributed by atoms with Gasteiger partial charge < -0.3 is 9.47 Å². The topological polar surface area (TPSA) is 35.5 Å². The van der Waals surface area contributed by atoms with Crippen molar-refractivity contribution in [2.75, 3.05) is 14.2 Å². The van der Waals surface area contributed by atoms with E-state index < -0.39 is 0 Å². The van der Waals surface area contributed by atoms with Crippen LogP contribution in [0.25, 0.3) is 0 Å². The van der Waals surface area contributed by atoms with Crippen LogP contribution in [0.15, 0.2) is 24.3 Å². The standard InChI is InChI=1S/C12H12O3/c1-14-11-7-3-5-10(9-11)6-4-8-12(13)15-2/h3,5,7,9H,8H2,1-2H3. The number of carbonyl (C=O) groups excluding carboxylic acids is 1. The zero-order chi connectivity index (χ0) is 11.1. The van der Waals surface area contributed by atoms with Gasteiger partial charge in [0.05, 0.1) is 14.2 Å². The first-order valence-corrected chi connectivity index (χ1v) is 4.46. The third-order valence-corrected chi connectivity index (χ3v) is 1.76. The Morgan fingerprint density at radius 1 is 1.40 bits per heavy atom. The van der Waals surface area contributed by atoms with Crippen LogP contribution in [0, 0.1) is 11.8 Å². The van der Waals surface area contributed by atoms with Crippen molar-refractivity contribution in [3.05, 3.63) is 29.8 Å². The lowest BCUT2D eigenvalue weighted by Crippen LogP contribution is -1.97. The minimum Gasteiger partial charge on any atom is -0.497 e. The molecule has 0 spiro atoms. The normalized spacial score (nSPS) is 8.67. The van der Waals surface area contributed by atoms with Crippen LogP contribution in [-0.2, 0) is 9.53 Å². The molecule has 1 aromatic rings.